The largest absolute Gasteiger partial charge is 0.573 e. The van der Waals surface area contributed by atoms with Gasteiger partial charge >= 0.3 is 6.36 Å². The Bertz CT molecular complexity index is 612. The number of methoxy groups -OCH3 is 1. The van der Waals surface area contributed by atoms with Gasteiger partial charge in [0.15, 0.2) is 5.96 Å². The molecular weight excluding hydrogens is 323 g/mol. The van der Waals surface area contributed by atoms with E-state index in [1.54, 1.807) is 7.11 Å². The summed E-state index contributed by atoms with van der Waals surface area (Å²) in [4.78, 5) is 4.52. The van der Waals surface area contributed by atoms with Gasteiger partial charge in [0, 0.05) is 18.2 Å². The molecule has 2 unspecified atom stereocenters. The molecule has 5 nitrogen and oxygen atoms in total. The van der Waals surface area contributed by atoms with E-state index in [4.69, 9.17) is 10.5 Å². The lowest BCUT2D eigenvalue weighted by Crippen LogP contribution is -2.61. The van der Waals surface area contributed by atoms with Crippen LogP contribution in [0.15, 0.2) is 29.3 Å². The van der Waals surface area contributed by atoms with Gasteiger partial charge in [0.2, 0.25) is 0 Å². The van der Waals surface area contributed by atoms with E-state index in [9.17, 15) is 13.2 Å². The Labute approximate surface area is 138 Å². The second kappa shape index (κ2) is 6.16. The fourth-order valence-corrected chi connectivity index (χ4v) is 3.57. The van der Waals surface area contributed by atoms with Crippen molar-refractivity contribution in [1.29, 1.82) is 0 Å². The number of nitrogens with one attached hydrogen (secondary N) is 1. The second-order valence-electron chi connectivity index (χ2n) is 6.27. The molecule has 3 N–H and O–H groups in total. The number of halogens is 3. The maximum Gasteiger partial charge on any atom is 0.573 e. The standard InChI is InChI=1S/C16H20F3N3O2/c1-23-13-9-12(15(13)7-2-8-15)22-14(20)21-10-3-5-11(6-4-10)24-16(17,18)19/h3-6,12-13H,2,7-9H2,1H3,(H3,20,21,22). The first-order valence-electron chi connectivity index (χ1n) is 7.81. The molecule has 2 saturated carbocycles. The molecule has 2 aliphatic rings. The Hall–Kier alpha value is -1.96. The molecule has 24 heavy (non-hydrogen) atoms. The Morgan fingerprint density at radius 1 is 1.29 bits per heavy atom. The van der Waals surface area contributed by atoms with Gasteiger partial charge in [-0.1, -0.05) is 6.42 Å². The average molecular weight is 343 g/mol. The Morgan fingerprint density at radius 3 is 2.46 bits per heavy atom. The fourth-order valence-electron chi connectivity index (χ4n) is 3.57. The highest BCUT2D eigenvalue weighted by Crippen LogP contribution is 2.58. The van der Waals surface area contributed by atoms with Crippen molar-refractivity contribution >= 4 is 11.6 Å². The Balaban J connectivity index is 1.60. The minimum absolute atomic E-state index is 0.117. The number of ether oxygens (including phenoxy) is 2. The molecule has 2 fully saturated rings. The van der Waals surface area contributed by atoms with E-state index in [2.05, 4.69) is 15.0 Å². The van der Waals surface area contributed by atoms with Crippen molar-refractivity contribution in [2.24, 2.45) is 16.1 Å². The van der Waals surface area contributed by atoms with E-state index in [1.165, 1.54) is 30.7 Å². The van der Waals surface area contributed by atoms with E-state index in [1.807, 2.05) is 0 Å². The molecule has 2 atom stereocenters. The molecule has 1 spiro atoms. The normalized spacial score (nSPS) is 25.8. The van der Waals surface area contributed by atoms with Crippen LogP contribution in [0.3, 0.4) is 0 Å². The van der Waals surface area contributed by atoms with E-state index >= 15 is 0 Å². The lowest BCUT2D eigenvalue weighted by Gasteiger charge is -2.59. The number of nitrogens with zero attached hydrogens (tertiary/aromatic N) is 1. The van der Waals surface area contributed by atoms with Crippen LogP contribution < -0.4 is 15.8 Å². The first-order chi connectivity index (χ1) is 11.3. The Morgan fingerprint density at radius 2 is 1.96 bits per heavy atom. The quantitative estimate of drug-likeness (QED) is 0.650. The summed E-state index contributed by atoms with van der Waals surface area (Å²) in [5.74, 6) is -0.0239. The lowest BCUT2D eigenvalue weighted by atomic mass is 9.51. The summed E-state index contributed by atoms with van der Waals surface area (Å²) in [7, 11) is 1.72. The average Bonchev–Trinajstić information content (AvgIpc) is 2.42. The van der Waals surface area contributed by atoms with Crippen LogP contribution in [0.2, 0.25) is 0 Å². The van der Waals surface area contributed by atoms with Crippen molar-refractivity contribution in [3.8, 4) is 5.75 Å². The molecular formula is C16H20F3N3O2. The summed E-state index contributed by atoms with van der Waals surface area (Å²) in [6.45, 7) is 0. The zero-order valence-electron chi connectivity index (χ0n) is 13.3. The minimum Gasteiger partial charge on any atom is -0.406 e. The summed E-state index contributed by atoms with van der Waals surface area (Å²) >= 11 is 0. The van der Waals surface area contributed by atoms with Gasteiger partial charge in [-0.3, -0.25) is 0 Å². The topological polar surface area (TPSA) is 68.9 Å². The molecule has 8 heteroatoms. The van der Waals surface area contributed by atoms with Crippen molar-refractivity contribution in [3.63, 3.8) is 0 Å². The highest BCUT2D eigenvalue weighted by molar-refractivity contribution is 5.92. The zero-order chi connectivity index (χ0) is 17.4. The highest BCUT2D eigenvalue weighted by Gasteiger charge is 2.58. The molecule has 0 aromatic heterocycles. The lowest BCUT2D eigenvalue weighted by molar-refractivity contribution is -0.274. The molecule has 0 radical (unpaired) electrons. The van der Waals surface area contributed by atoms with Crippen LogP contribution in [0.1, 0.15) is 25.7 Å². The molecule has 1 aromatic carbocycles. The van der Waals surface area contributed by atoms with Crippen LogP contribution in [0.25, 0.3) is 0 Å². The van der Waals surface area contributed by atoms with Gasteiger partial charge in [0.05, 0.1) is 12.1 Å². The first-order valence-corrected chi connectivity index (χ1v) is 7.81. The third kappa shape index (κ3) is 3.28. The minimum atomic E-state index is -4.70. The van der Waals surface area contributed by atoms with Crippen LogP contribution >= 0.6 is 0 Å². The number of anilines is 1. The SMILES string of the molecule is COC1CC(N=C(N)Nc2ccc(OC(F)(F)F)cc2)C12CCC2. The molecule has 0 amide bonds. The van der Waals surface area contributed by atoms with Crippen LogP contribution in [0, 0.1) is 5.41 Å². The molecule has 0 bridgehead atoms. The maximum absolute atomic E-state index is 12.1. The van der Waals surface area contributed by atoms with Gasteiger partial charge < -0.3 is 20.5 Å². The highest BCUT2D eigenvalue weighted by atomic mass is 19.4. The summed E-state index contributed by atoms with van der Waals surface area (Å²) in [5, 5.41) is 2.90. The van der Waals surface area contributed by atoms with Gasteiger partial charge in [-0.2, -0.15) is 0 Å². The number of benzene rings is 1. The van der Waals surface area contributed by atoms with Crippen LogP contribution in [-0.4, -0.2) is 31.6 Å². The van der Waals surface area contributed by atoms with Crippen LogP contribution in [-0.2, 0) is 4.74 Å². The number of hydrogen-bond acceptors (Lipinski definition) is 3. The maximum atomic E-state index is 12.1. The van der Waals surface area contributed by atoms with Gasteiger partial charge in [0.25, 0.3) is 0 Å². The predicted octanol–water partition coefficient (Wildman–Crippen LogP) is 3.27. The summed E-state index contributed by atoms with van der Waals surface area (Å²) in [5.41, 5.74) is 6.60. The number of guanidine groups is 1. The molecule has 0 saturated heterocycles. The number of alkyl halides is 3. The van der Waals surface area contributed by atoms with Gasteiger partial charge in [-0.05, 0) is 43.5 Å². The van der Waals surface area contributed by atoms with Gasteiger partial charge in [-0.15, -0.1) is 13.2 Å². The third-order valence-electron chi connectivity index (χ3n) is 4.97. The molecule has 2 aliphatic carbocycles. The van der Waals surface area contributed by atoms with Crippen molar-refractivity contribution in [2.75, 3.05) is 12.4 Å². The van der Waals surface area contributed by atoms with Crippen molar-refractivity contribution in [3.05, 3.63) is 24.3 Å². The summed E-state index contributed by atoms with van der Waals surface area (Å²) in [6.07, 6.45) is -0.245. The van der Waals surface area contributed by atoms with Crippen molar-refractivity contribution in [2.45, 2.75) is 44.2 Å². The summed E-state index contributed by atoms with van der Waals surface area (Å²) < 4.78 is 45.7. The molecule has 0 heterocycles. The fraction of sp³-hybridized carbons (Fsp3) is 0.562. The van der Waals surface area contributed by atoms with Crippen molar-refractivity contribution in [1.82, 2.24) is 0 Å². The predicted molar refractivity (Wildman–Crippen MR) is 83.9 cm³/mol. The van der Waals surface area contributed by atoms with Crippen molar-refractivity contribution < 1.29 is 22.6 Å². The third-order valence-corrected chi connectivity index (χ3v) is 4.97. The zero-order valence-corrected chi connectivity index (χ0v) is 13.3. The summed E-state index contributed by atoms with van der Waals surface area (Å²) in [6, 6.07) is 5.50. The number of hydrogen-bond donors (Lipinski definition) is 2. The van der Waals surface area contributed by atoms with Gasteiger partial charge in [-0.25, -0.2) is 4.99 Å². The second-order valence-corrected chi connectivity index (χ2v) is 6.27. The van der Waals surface area contributed by atoms with E-state index in [-0.39, 0.29) is 29.3 Å². The van der Waals surface area contributed by atoms with Crippen LogP contribution in [0.5, 0.6) is 5.75 Å². The smallest absolute Gasteiger partial charge is 0.406 e. The van der Waals surface area contributed by atoms with E-state index in [0.29, 0.717) is 5.69 Å². The molecule has 3 rings (SSSR count). The molecule has 1 aromatic rings. The number of rotatable bonds is 4. The van der Waals surface area contributed by atoms with E-state index in [0.717, 1.165) is 19.3 Å². The van der Waals surface area contributed by atoms with E-state index < -0.39 is 6.36 Å². The monoisotopic (exact) mass is 343 g/mol. The van der Waals surface area contributed by atoms with Gasteiger partial charge in [0.1, 0.15) is 5.75 Å². The van der Waals surface area contributed by atoms with Crippen LogP contribution in [0.4, 0.5) is 18.9 Å². The molecule has 0 aliphatic heterocycles. The number of aliphatic imine (C=N–C) groups is 1. The first kappa shape index (κ1) is 16.9. The molecule has 132 valence electrons. The number of nitrogens with two attached hydrogens (primary N) is 1. The Kier molecular flexibility index (Phi) is 4.33.